The fourth-order valence-corrected chi connectivity index (χ4v) is 2.60. The highest BCUT2D eigenvalue weighted by atomic mass is 79.9. The third kappa shape index (κ3) is 3.73. The largest absolute Gasteiger partial charge is 0.481 e. The van der Waals surface area contributed by atoms with E-state index in [1.165, 1.54) is 5.56 Å². The van der Waals surface area contributed by atoms with Crippen LogP contribution >= 0.6 is 15.9 Å². The van der Waals surface area contributed by atoms with Gasteiger partial charge in [-0.15, -0.1) is 0 Å². The summed E-state index contributed by atoms with van der Waals surface area (Å²) in [5.41, 5.74) is 4.17. The number of benzene rings is 1. The second-order valence-corrected chi connectivity index (χ2v) is 6.29. The lowest BCUT2D eigenvalue weighted by Gasteiger charge is -2.08. The van der Waals surface area contributed by atoms with E-state index in [1.807, 2.05) is 30.7 Å². The van der Waals surface area contributed by atoms with Gasteiger partial charge < -0.3 is 5.11 Å². The molecular weight excluding hydrogens is 332 g/mol. The van der Waals surface area contributed by atoms with Gasteiger partial charge in [0.2, 0.25) is 0 Å². The number of carboxylic acids is 1. The molecule has 0 spiro atoms. The van der Waals surface area contributed by atoms with E-state index in [9.17, 15) is 4.79 Å². The predicted molar refractivity (Wildman–Crippen MR) is 85.4 cm³/mol. The average molecular weight is 351 g/mol. The van der Waals surface area contributed by atoms with Crippen LogP contribution < -0.4 is 0 Å². The maximum atomic E-state index is 11.0. The average Bonchev–Trinajstić information content (AvgIpc) is 2.69. The van der Waals surface area contributed by atoms with E-state index in [2.05, 4.69) is 33.2 Å². The summed E-state index contributed by atoms with van der Waals surface area (Å²) in [6.45, 7) is 6.37. The molecule has 1 heterocycles. The van der Waals surface area contributed by atoms with Crippen molar-refractivity contribution in [2.45, 2.75) is 33.7 Å². The monoisotopic (exact) mass is 350 g/mol. The van der Waals surface area contributed by atoms with Crippen LogP contribution in [0.2, 0.25) is 0 Å². The van der Waals surface area contributed by atoms with Crippen LogP contribution in [0.5, 0.6) is 0 Å². The van der Waals surface area contributed by atoms with Crippen molar-refractivity contribution in [2.24, 2.45) is 5.92 Å². The van der Waals surface area contributed by atoms with Gasteiger partial charge in [0.15, 0.2) is 0 Å². The van der Waals surface area contributed by atoms with Crippen LogP contribution in [-0.4, -0.2) is 20.9 Å². The van der Waals surface area contributed by atoms with Crippen LogP contribution in [0.4, 0.5) is 0 Å². The van der Waals surface area contributed by atoms with Gasteiger partial charge in [-0.2, -0.15) is 5.10 Å². The SMILES string of the molecule is Cc1nn(Cc2ccc(Br)cc2)c(C)c1CC(C)C(=O)O. The minimum Gasteiger partial charge on any atom is -0.481 e. The molecule has 1 N–H and O–H groups in total. The molecular formula is C16H19BrN2O2. The molecule has 21 heavy (non-hydrogen) atoms. The van der Waals surface area contributed by atoms with Crippen LogP contribution in [0.15, 0.2) is 28.7 Å². The summed E-state index contributed by atoms with van der Waals surface area (Å²) in [7, 11) is 0. The molecule has 0 aliphatic carbocycles. The molecule has 1 atom stereocenters. The summed E-state index contributed by atoms with van der Waals surface area (Å²) in [6, 6.07) is 8.13. The van der Waals surface area contributed by atoms with Crippen molar-refractivity contribution in [1.29, 1.82) is 0 Å². The van der Waals surface area contributed by atoms with E-state index < -0.39 is 11.9 Å². The first kappa shape index (κ1) is 15.8. The maximum Gasteiger partial charge on any atom is 0.306 e. The fourth-order valence-electron chi connectivity index (χ4n) is 2.34. The van der Waals surface area contributed by atoms with Crippen molar-refractivity contribution in [1.82, 2.24) is 9.78 Å². The smallest absolute Gasteiger partial charge is 0.306 e. The number of carboxylic acid groups (broad SMARTS) is 1. The highest BCUT2D eigenvalue weighted by Crippen LogP contribution is 2.19. The lowest BCUT2D eigenvalue weighted by molar-refractivity contribution is -0.141. The maximum absolute atomic E-state index is 11.0. The third-order valence-corrected chi connectivity index (χ3v) is 4.24. The fraction of sp³-hybridized carbons (Fsp3) is 0.375. The normalized spacial score (nSPS) is 12.4. The van der Waals surface area contributed by atoms with Gasteiger partial charge in [-0.3, -0.25) is 9.48 Å². The Labute approximate surface area is 132 Å². The Morgan fingerprint density at radius 3 is 2.52 bits per heavy atom. The van der Waals surface area contributed by atoms with Gasteiger partial charge in [-0.1, -0.05) is 35.0 Å². The number of aryl methyl sites for hydroxylation is 1. The molecule has 0 radical (unpaired) electrons. The molecule has 0 saturated carbocycles. The van der Waals surface area contributed by atoms with Crippen LogP contribution in [0, 0.1) is 19.8 Å². The van der Waals surface area contributed by atoms with Gasteiger partial charge in [0.25, 0.3) is 0 Å². The Morgan fingerprint density at radius 1 is 1.33 bits per heavy atom. The number of hydrogen-bond donors (Lipinski definition) is 1. The van der Waals surface area contributed by atoms with E-state index in [4.69, 9.17) is 5.11 Å². The summed E-state index contributed by atoms with van der Waals surface area (Å²) in [5.74, 6) is -1.16. The van der Waals surface area contributed by atoms with Gasteiger partial charge in [-0.25, -0.2) is 0 Å². The Bertz CT molecular complexity index is 647. The van der Waals surface area contributed by atoms with Crippen LogP contribution in [-0.2, 0) is 17.8 Å². The van der Waals surface area contributed by atoms with Crippen LogP contribution in [0.1, 0.15) is 29.4 Å². The molecule has 0 aliphatic heterocycles. The topological polar surface area (TPSA) is 55.1 Å². The van der Waals surface area contributed by atoms with Crippen molar-refractivity contribution in [2.75, 3.05) is 0 Å². The number of hydrogen-bond acceptors (Lipinski definition) is 2. The van der Waals surface area contributed by atoms with Gasteiger partial charge in [0, 0.05) is 10.2 Å². The highest BCUT2D eigenvalue weighted by molar-refractivity contribution is 9.10. The summed E-state index contributed by atoms with van der Waals surface area (Å²) < 4.78 is 3.00. The Kier molecular flexibility index (Phi) is 4.83. The van der Waals surface area contributed by atoms with Gasteiger partial charge >= 0.3 is 5.97 Å². The first-order valence-corrected chi connectivity index (χ1v) is 7.68. The molecule has 4 nitrogen and oxygen atoms in total. The minimum atomic E-state index is -0.769. The highest BCUT2D eigenvalue weighted by Gasteiger charge is 2.18. The Morgan fingerprint density at radius 2 is 1.95 bits per heavy atom. The van der Waals surface area contributed by atoms with E-state index in [1.54, 1.807) is 6.92 Å². The molecule has 1 unspecified atom stereocenters. The molecule has 0 bridgehead atoms. The molecule has 2 aromatic rings. The number of carbonyl (C=O) groups is 1. The quantitative estimate of drug-likeness (QED) is 0.896. The van der Waals surface area contributed by atoms with Crippen molar-refractivity contribution in [3.63, 3.8) is 0 Å². The zero-order chi connectivity index (χ0) is 15.6. The Hall–Kier alpha value is -1.62. The molecule has 1 aromatic heterocycles. The second-order valence-electron chi connectivity index (χ2n) is 5.38. The van der Waals surface area contributed by atoms with Crippen molar-refractivity contribution >= 4 is 21.9 Å². The summed E-state index contributed by atoms with van der Waals surface area (Å²) in [6.07, 6.45) is 0.521. The molecule has 0 amide bonds. The Balaban J connectivity index is 2.22. The molecule has 0 saturated heterocycles. The second kappa shape index (κ2) is 6.43. The summed E-state index contributed by atoms with van der Waals surface area (Å²) in [4.78, 5) is 11.0. The summed E-state index contributed by atoms with van der Waals surface area (Å²) in [5, 5.41) is 13.6. The van der Waals surface area contributed by atoms with Gasteiger partial charge in [0.1, 0.15) is 0 Å². The van der Waals surface area contributed by atoms with Gasteiger partial charge in [-0.05, 0) is 43.5 Å². The zero-order valence-corrected chi connectivity index (χ0v) is 14.0. The molecule has 2 rings (SSSR count). The molecule has 5 heteroatoms. The van der Waals surface area contributed by atoms with Crippen LogP contribution in [0.3, 0.4) is 0 Å². The number of aliphatic carboxylic acids is 1. The van der Waals surface area contributed by atoms with E-state index in [-0.39, 0.29) is 0 Å². The molecule has 112 valence electrons. The molecule has 0 fully saturated rings. The van der Waals surface area contributed by atoms with Crippen LogP contribution in [0.25, 0.3) is 0 Å². The standard InChI is InChI=1S/C16H19BrN2O2/c1-10(16(20)21)8-15-11(2)18-19(12(15)3)9-13-4-6-14(17)7-5-13/h4-7,10H,8-9H2,1-3H3,(H,20,21). The molecule has 0 aliphatic rings. The number of aromatic nitrogens is 2. The van der Waals surface area contributed by atoms with Crippen molar-refractivity contribution in [3.05, 3.63) is 51.3 Å². The predicted octanol–water partition coefficient (Wildman–Crippen LogP) is 3.57. The van der Waals surface area contributed by atoms with E-state index in [0.717, 1.165) is 21.4 Å². The zero-order valence-electron chi connectivity index (χ0n) is 12.4. The third-order valence-electron chi connectivity index (χ3n) is 3.71. The first-order chi connectivity index (χ1) is 9.88. The minimum absolute atomic E-state index is 0.396. The lowest BCUT2D eigenvalue weighted by atomic mass is 10.00. The van der Waals surface area contributed by atoms with E-state index >= 15 is 0 Å². The van der Waals surface area contributed by atoms with Crippen molar-refractivity contribution < 1.29 is 9.90 Å². The van der Waals surface area contributed by atoms with E-state index in [0.29, 0.717) is 13.0 Å². The number of nitrogens with zero attached hydrogens (tertiary/aromatic N) is 2. The first-order valence-electron chi connectivity index (χ1n) is 6.88. The van der Waals surface area contributed by atoms with Gasteiger partial charge in [0.05, 0.1) is 18.2 Å². The summed E-state index contributed by atoms with van der Waals surface area (Å²) >= 11 is 3.42. The van der Waals surface area contributed by atoms with Crippen molar-refractivity contribution in [3.8, 4) is 0 Å². The molecule has 1 aromatic carbocycles. The number of rotatable bonds is 5. The lowest BCUT2D eigenvalue weighted by Crippen LogP contribution is -2.13. The number of halogens is 1.